The summed E-state index contributed by atoms with van der Waals surface area (Å²) < 4.78 is 5.19. The predicted octanol–water partition coefficient (Wildman–Crippen LogP) is 5.11. The Bertz CT molecular complexity index is 950. The monoisotopic (exact) mass is 361 g/mol. The second-order valence-corrected chi connectivity index (χ2v) is 6.07. The lowest BCUT2D eigenvalue weighted by atomic mass is 9.96. The zero-order valence-electron chi connectivity index (χ0n) is 14.8. The first-order valence-corrected chi connectivity index (χ1v) is 8.45. The molecule has 0 aromatic heterocycles. The normalized spacial score (nSPS) is 10.3. The van der Waals surface area contributed by atoms with Gasteiger partial charge in [-0.1, -0.05) is 60.7 Å². The highest BCUT2D eigenvalue weighted by molar-refractivity contribution is 5.97. The highest BCUT2D eigenvalue weighted by atomic mass is 16.5. The molecule has 0 unspecified atom stereocenters. The van der Waals surface area contributed by atoms with Crippen LogP contribution in [0.25, 0.3) is 11.1 Å². The van der Waals surface area contributed by atoms with E-state index in [0.29, 0.717) is 16.8 Å². The lowest BCUT2D eigenvalue weighted by molar-refractivity contribution is 0.0697. The number of aryl methyl sites for hydroxylation is 1. The fraction of sp³-hybridized carbons (Fsp3) is 0.0909. The molecule has 5 nitrogen and oxygen atoms in total. The standard InChI is InChI=1S/C22H19NO4/c1-15-6-5-9-19(20(15)21(24)25)17-10-12-18(13-11-17)23-22(26)27-14-16-7-3-2-4-8-16/h2-13H,14H2,1H3,(H,23,26)(H,24,25). The van der Waals surface area contributed by atoms with Crippen molar-refractivity contribution in [1.29, 1.82) is 0 Å². The summed E-state index contributed by atoms with van der Waals surface area (Å²) in [4.78, 5) is 23.5. The first-order chi connectivity index (χ1) is 13.0. The van der Waals surface area contributed by atoms with Crippen molar-refractivity contribution in [3.63, 3.8) is 0 Å². The number of amides is 1. The van der Waals surface area contributed by atoms with E-state index < -0.39 is 12.1 Å². The molecule has 0 atom stereocenters. The van der Waals surface area contributed by atoms with Crippen molar-refractivity contribution in [2.45, 2.75) is 13.5 Å². The van der Waals surface area contributed by atoms with Crippen molar-refractivity contribution < 1.29 is 19.4 Å². The molecule has 0 fully saturated rings. The van der Waals surface area contributed by atoms with Gasteiger partial charge in [-0.2, -0.15) is 0 Å². The van der Waals surface area contributed by atoms with E-state index in [0.717, 1.165) is 11.1 Å². The van der Waals surface area contributed by atoms with Gasteiger partial charge in [-0.15, -0.1) is 0 Å². The minimum absolute atomic E-state index is 0.190. The van der Waals surface area contributed by atoms with Crippen molar-refractivity contribution in [3.8, 4) is 11.1 Å². The third-order valence-corrected chi connectivity index (χ3v) is 4.14. The maximum Gasteiger partial charge on any atom is 0.411 e. The molecular formula is C22H19NO4. The number of benzene rings is 3. The van der Waals surface area contributed by atoms with Gasteiger partial charge in [0.25, 0.3) is 0 Å². The average Bonchev–Trinajstić information content (AvgIpc) is 2.67. The molecule has 1 amide bonds. The number of carboxylic acid groups (broad SMARTS) is 1. The molecule has 0 radical (unpaired) electrons. The Labute approximate surface area is 157 Å². The number of carboxylic acids is 1. The lowest BCUT2D eigenvalue weighted by Crippen LogP contribution is -2.13. The van der Waals surface area contributed by atoms with Crippen LogP contribution in [0.15, 0.2) is 72.8 Å². The van der Waals surface area contributed by atoms with Crippen LogP contribution >= 0.6 is 0 Å². The number of hydrogen-bond acceptors (Lipinski definition) is 3. The number of ether oxygens (including phenoxy) is 1. The van der Waals surface area contributed by atoms with Gasteiger partial charge >= 0.3 is 12.1 Å². The summed E-state index contributed by atoms with van der Waals surface area (Å²) in [6, 6.07) is 21.8. The molecule has 3 aromatic carbocycles. The highest BCUT2D eigenvalue weighted by Gasteiger charge is 2.14. The molecular weight excluding hydrogens is 342 g/mol. The Balaban J connectivity index is 1.68. The molecule has 0 aliphatic carbocycles. The smallest absolute Gasteiger partial charge is 0.411 e. The molecule has 0 aliphatic rings. The second kappa shape index (κ2) is 8.19. The van der Waals surface area contributed by atoms with Gasteiger partial charge in [0, 0.05) is 5.69 Å². The number of carbonyl (C=O) groups is 2. The van der Waals surface area contributed by atoms with Crippen LogP contribution < -0.4 is 5.32 Å². The van der Waals surface area contributed by atoms with E-state index in [4.69, 9.17) is 4.74 Å². The first kappa shape index (κ1) is 18.2. The molecule has 0 aliphatic heterocycles. The molecule has 5 heteroatoms. The van der Waals surface area contributed by atoms with Gasteiger partial charge in [-0.25, -0.2) is 9.59 Å². The number of anilines is 1. The molecule has 2 N–H and O–H groups in total. The van der Waals surface area contributed by atoms with Crippen molar-refractivity contribution in [2.75, 3.05) is 5.32 Å². The van der Waals surface area contributed by atoms with Gasteiger partial charge in [0.15, 0.2) is 0 Å². The van der Waals surface area contributed by atoms with Crippen molar-refractivity contribution >= 4 is 17.7 Å². The van der Waals surface area contributed by atoms with E-state index >= 15 is 0 Å². The van der Waals surface area contributed by atoms with Crippen LogP contribution in [0.1, 0.15) is 21.5 Å². The van der Waals surface area contributed by atoms with Crippen LogP contribution in [0, 0.1) is 6.92 Å². The molecule has 0 heterocycles. The van der Waals surface area contributed by atoms with Gasteiger partial charge in [-0.05, 0) is 41.3 Å². The number of hydrogen-bond donors (Lipinski definition) is 2. The number of aromatic carboxylic acids is 1. The maximum atomic E-state index is 11.9. The third kappa shape index (κ3) is 4.52. The van der Waals surface area contributed by atoms with E-state index in [1.807, 2.05) is 36.4 Å². The minimum Gasteiger partial charge on any atom is -0.478 e. The van der Waals surface area contributed by atoms with Crippen LogP contribution in [0.4, 0.5) is 10.5 Å². The second-order valence-electron chi connectivity index (χ2n) is 6.07. The van der Waals surface area contributed by atoms with Crippen LogP contribution in [0.5, 0.6) is 0 Å². The molecule has 136 valence electrons. The Morgan fingerprint density at radius 1 is 0.926 bits per heavy atom. The molecule has 3 aromatic rings. The zero-order chi connectivity index (χ0) is 19.2. The molecule has 27 heavy (non-hydrogen) atoms. The quantitative estimate of drug-likeness (QED) is 0.662. The Morgan fingerprint density at radius 3 is 2.30 bits per heavy atom. The van der Waals surface area contributed by atoms with Gasteiger partial charge in [-0.3, -0.25) is 5.32 Å². The SMILES string of the molecule is Cc1cccc(-c2ccc(NC(=O)OCc3ccccc3)cc2)c1C(=O)O. The Hall–Kier alpha value is -3.60. The predicted molar refractivity (Wildman–Crippen MR) is 104 cm³/mol. The number of rotatable bonds is 5. The van der Waals surface area contributed by atoms with Crippen LogP contribution in [0.3, 0.4) is 0 Å². The van der Waals surface area contributed by atoms with E-state index in [9.17, 15) is 14.7 Å². The molecule has 0 spiro atoms. The van der Waals surface area contributed by atoms with Crippen LogP contribution in [0.2, 0.25) is 0 Å². The molecule has 3 rings (SSSR count). The summed E-state index contributed by atoms with van der Waals surface area (Å²) in [5.74, 6) is -0.963. The van der Waals surface area contributed by atoms with E-state index in [1.165, 1.54) is 0 Å². The molecule has 0 saturated heterocycles. The van der Waals surface area contributed by atoms with Crippen molar-refractivity contribution in [3.05, 3.63) is 89.5 Å². The topological polar surface area (TPSA) is 75.6 Å². The van der Waals surface area contributed by atoms with Crippen molar-refractivity contribution in [1.82, 2.24) is 0 Å². The fourth-order valence-electron chi connectivity index (χ4n) is 2.80. The first-order valence-electron chi connectivity index (χ1n) is 8.45. The zero-order valence-corrected chi connectivity index (χ0v) is 14.8. The van der Waals surface area contributed by atoms with Gasteiger partial charge < -0.3 is 9.84 Å². The lowest BCUT2D eigenvalue weighted by Gasteiger charge is -2.11. The summed E-state index contributed by atoms with van der Waals surface area (Å²) in [5.41, 5.74) is 3.86. The summed E-state index contributed by atoms with van der Waals surface area (Å²) in [7, 11) is 0. The summed E-state index contributed by atoms with van der Waals surface area (Å²) in [6.45, 7) is 1.96. The summed E-state index contributed by atoms with van der Waals surface area (Å²) in [6.07, 6.45) is -0.548. The van der Waals surface area contributed by atoms with Crippen LogP contribution in [-0.4, -0.2) is 17.2 Å². The van der Waals surface area contributed by atoms with Crippen LogP contribution in [-0.2, 0) is 11.3 Å². The van der Waals surface area contributed by atoms with Gasteiger partial charge in [0.1, 0.15) is 6.61 Å². The number of carbonyl (C=O) groups excluding carboxylic acids is 1. The summed E-state index contributed by atoms with van der Waals surface area (Å²) in [5, 5.41) is 12.1. The van der Waals surface area contributed by atoms with E-state index in [2.05, 4.69) is 5.32 Å². The summed E-state index contributed by atoms with van der Waals surface area (Å²) >= 11 is 0. The number of nitrogens with one attached hydrogen (secondary N) is 1. The largest absolute Gasteiger partial charge is 0.478 e. The maximum absolute atomic E-state index is 11.9. The molecule has 0 saturated carbocycles. The van der Waals surface area contributed by atoms with Gasteiger partial charge in [0.05, 0.1) is 5.56 Å². The van der Waals surface area contributed by atoms with Gasteiger partial charge in [0.2, 0.25) is 0 Å². The Kier molecular flexibility index (Phi) is 5.52. The minimum atomic E-state index is -0.963. The fourth-order valence-corrected chi connectivity index (χ4v) is 2.80. The molecule has 0 bridgehead atoms. The van der Waals surface area contributed by atoms with E-state index in [-0.39, 0.29) is 12.2 Å². The third-order valence-electron chi connectivity index (χ3n) is 4.14. The van der Waals surface area contributed by atoms with E-state index in [1.54, 1.807) is 43.3 Å². The average molecular weight is 361 g/mol. The van der Waals surface area contributed by atoms with Crippen molar-refractivity contribution in [2.24, 2.45) is 0 Å². The highest BCUT2D eigenvalue weighted by Crippen LogP contribution is 2.27. The Morgan fingerprint density at radius 2 is 1.63 bits per heavy atom.